The summed E-state index contributed by atoms with van der Waals surface area (Å²) in [5, 5.41) is 21.9. The van der Waals surface area contributed by atoms with Crippen LogP contribution in [0.2, 0.25) is 5.02 Å². The standard InChI is InChI=1S/C21H21ClN6O3/c1-12(29)10-27-11-15(19(25-27)14-9-13(22)6-7-17(14)31-2)24-21(30)18-16-5-3-4-8-28(16)26-20(18)23/h3-9,11-12,29H,10H2,1-2H3,(H2,23,26)(H,24,30)/t12-/m0/s1. The largest absolute Gasteiger partial charge is 0.496 e. The molecule has 4 N–H and O–H groups in total. The van der Waals surface area contributed by atoms with Crippen molar-refractivity contribution < 1.29 is 14.6 Å². The molecular formula is C21H21ClN6O3. The quantitative estimate of drug-likeness (QED) is 0.424. The van der Waals surface area contributed by atoms with Gasteiger partial charge in [0.25, 0.3) is 5.91 Å². The highest BCUT2D eigenvalue weighted by Crippen LogP contribution is 2.36. The van der Waals surface area contributed by atoms with Gasteiger partial charge in [-0.3, -0.25) is 9.48 Å². The summed E-state index contributed by atoms with van der Waals surface area (Å²) in [6.07, 6.45) is 2.72. The number of halogens is 1. The number of methoxy groups -OCH3 is 1. The molecule has 0 aliphatic heterocycles. The van der Waals surface area contributed by atoms with E-state index in [2.05, 4.69) is 15.5 Å². The van der Waals surface area contributed by atoms with Crippen molar-refractivity contribution in [1.29, 1.82) is 0 Å². The number of amides is 1. The summed E-state index contributed by atoms with van der Waals surface area (Å²) in [7, 11) is 1.54. The number of carbonyl (C=O) groups is 1. The van der Waals surface area contributed by atoms with Crippen molar-refractivity contribution in [3.63, 3.8) is 0 Å². The van der Waals surface area contributed by atoms with Crippen LogP contribution < -0.4 is 15.8 Å². The molecule has 0 fully saturated rings. The molecule has 0 saturated carbocycles. The zero-order valence-electron chi connectivity index (χ0n) is 16.9. The average Bonchev–Trinajstić information content (AvgIpc) is 3.26. The number of rotatable bonds is 6. The van der Waals surface area contributed by atoms with Crippen molar-refractivity contribution >= 4 is 34.5 Å². The van der Waals surface area contributed by atoms with E-state index in [9.17, 15) is 9.90 Å². The average molecular weight is 441 g/mol. The fourth-order valence-corrected chi connectivity index (χ4v) is 3.55. The first-order chi connectivity index (χ1) is 14.9. The second-order valence-electron chi connectivity index (χ2n) is 7.05. The van der Waals surface area contributed by atoms with Crippen molar-refractivity contribution in [2.24, 2.45) is 0 Å². The molecule has 0 bridgehead atoms. The van der Waals surface area contributed by atoms with Gasteiger partial charge in [0.05, 0.1) is 31.0 Å². The maximum Gasteiger partial charge on any atom is 0.261 e. The maximum absolute atomic E-state index is 13.2. The van der Waals surface area contributed by atoms with Crippen LogP contribution in [-0.4, -0.2) is 43.6 Å². The molecule has 0 radical (unpaired) electrons. The topological polar surface area (TPSA) is 120 Å². The lowest BCUT2D eigenvalue weighted by Gasteiger charge is -2.09. The third-order valence-electron chi connectivity index (χ3n) is 4.67. The van der Waals surface area contributed by atoms with Gasteiger partial charge in [-0.05, 0) is 37.3 Å². The molecule has 0 spiro atoms. The molecule has 4 rings (SSSR count). The van der Waals surface area contributed by atoms with Gasteiger partial charge in [-0.25, -0.2) is 4.52 Å². The van der Waals surface area contributed by atoms with Crippen LogP contribution in [0.4, 0.5) is 11.5 Å². The number of hydrogen-bond donors (Lipinski definition) is 3. The number of carbonyl (C=O) groups excluding carboxylic acids is 1. The van der Waals surface area contributed by atoms with Crippen LogP contribution in [0.25, 0.3) is 16.8 Å². The van der Waals surface area contributed by atoms with Gasteiger partial charge in [0.2, 0.25) is 0 Å². The van der Waals surface area contributed by atoms with E-state index in [0.29, 0.717) is 33.2 Å². The number of nitrogens with zero attached hydrogens (tertiary/aromatic N) is 4. The summed E-state index contributed by atoms with van der Waals surface area (Å²) >= 11 is 6.20. The van der Waals surface area contributed by atoms with E-state index in [1.807, 2.05) is 0 Å². The molecule has 3 heterocycles. The van der Waals surface area contributed by atoms with Gasteiger partial charge in [0.1, 0.15) is 17.0 Å². The lowest BCUT2D eigenvalue weighted by atomic mass is 10.1. The van der Waals surface area contributed by atoms with Crippen LogP contribution in [0.1, 0.15) is 17.3 Å². The number of aromatic nitrogens is 4. The highest BCUT2D eigenvalue weighted by molar-refractivity contribution is 6.31. The van der Waals surface area contributed by atoms with E-state index in [1.54, 1.807) is 64.9 Å². The van der Waals surface area contributed by atoms with E-state index in [0.717, 1.165) is 0 Å². The minimum atomic E-state index is -0.632. The molecule has 9 nitrogen and oxygen atoms in total. The second-order valence-corrected chi connectivity index (χ2v) is 7.49. The highest BCUT2D eigenvalue weighted by atomic mass is 35.5. The van der Waals surface area contributed by atoms with Crippen LogP contribution >= 0.6 is 11.6 Å². The number of nitrogens with two attached hydrogens (primary N) is 1. The number of ether oxygens (including phenoxy) is 1. The number of nitrogens with one attached hydrogen (secondary N) is 1. The number of benzene rings is 1. The zero-order valence-corrected chi connectivity index (χ0v) is 17.7. The summed E-state index contributed by atoms with van der Waals surface area (Å²) in [4.78, 5) is 13.2. The molecule has 31 heavy (non-hydrogen) atoms. The Labute approximate surface area is 183 Å². The number of nitrogen functional groups attached to an aromatic ring is 1. The molecule has 0 aliphatic rings. The first-order valence-corrected chi connectivity index (χ1v) is 9.88. The van der Waals surface area contributed by atoms with Gasteiger partial charge in [-0.2, -0.15) is 5.10 Å². The Bertz CT molecular complexity index is 1260. The fraction of sp³-hybridized carbons (Fsp3) is 0.190. The Kier molecular flexibility index (Phi) is 5.53. The van der Waals surface area contributed by atoms with Crippen molar-refractivity contribution in [3.05, 3.63) is 59.4 Å². The van der Waals surface area contributed by atoms with Gasteiger partial charge in [0, 0.05) is 23.0 Å². The number of fused-ring (bicyclic) bond motifs is 1. The molecule has 4 aromatic rings. The van der Waals surface area contributed by atoms with E-state index in [-0.39, 0.29) is 17.9 Å². The number of aliphatic hydroxyl groups excluding tert-OH is 1. The Balaban J connectivity index is 1.79. The highest BCUT2D eigenvalue weighted by Gasteiger charge is 2.22. The SMILES string of the molecule is COc1ccc(Cl)cc1-c1nn(C[C@H](C)O)cc1NC(=O)c1c(N)nn2ccccc12. The molecular weight excluding hydrogens is 420 g/mol. The summed E-state index contributed by atoms with van der Waals surface area (Å²) in [6, 6.07) is 10.5. The maximum atomic E-state index is 13.2. The predicted octanol–water partition coefficient (Wildman–Crippen LogP) is 3.08. The van der Waals surface area contributed by atoms with Gasteiger partial charge >= 0.3 is 0 Å². The number of hydrogen-bond acceptors (Lipinski definition) is 6. The van der Waals surface area contributed by atoms with E-state index >= 15 is 0 Å². The summed E-state index contributed by atoms with van der Waals surface area (Å²) in [5.74, 6) is 0.220. The summed E-state index contributed by atoms with van der Waals surface area (Å²) in [6.45, 7) is 1.89. The molecule has 0 aliphatic carbocycles. The molecule has 1 amide bonds. The molecule has 0 unspecified atom stereocenters. The Morgan fingerprint density at radius 3 is 2.87 bits per heavy atom. The monoisotopic (exact) mass is 440 g/mol. The molecule has 10 heteroatoms. The smallest absolute Gasteiger partial charge is 0.261 e. The normalized spacial score (nSPS) is 12.1. The number of pyridine rings is 1. The van der Waals surface area contributed by atoms with E-state index in [1.165, 1.54) is 7.11 Å². The van der Waals surface area contributed by atoms with Crippen molar-refractivity contribution in [1.82, 2.24) is 19.4 Å². The Morgan fingerprint density at radius 1 is 1.32 bits per heavy atom. The van der Waals surface area contributed by atoms with Gasteiger partial charge in [0.15, 0.2) is 5.82 Å². The molecule has 160 valence electrons. The zero-order chi connectivity index (χ0) is 22.1. The molecule has 1 atom stereocenters. The summed E-state index contributed by atoms with van der Waals surface area (Å²) < 4.78 is 8.55. The third-order valence-corrected chi connectivity index (χ3v) is 4.91. The van der Waals surface area contributed by atoms with Crippen LogP contribution in [-0.2, 0) is 6.54 Å². The second kappa shape index (κ2) is 8.29. The van der Waals surface area contributed by atoms with Crippen molar-refractivity contribution in [3.8, 4) is 17.0 Å². The molecule has 3 aromatic heterocycles. The van der Waals surface area contributed by atoms with Gasteiger partial charge < -0.3 is 20.9 Å². The van der Waals surface area contributed by atoms with Crippen LogP contribution in [0.3, 0.4) is 0 Å². The number of aliphatic hydroxyl groups is 1. The lowest BCUT2D eigenvalue weighted by Crippen LogP contribution is -2.14. The van der Waals surface area contributed by atoms with Crippen LogP contribution in [0.5, 0.6) is 5.75 Å². The molecule has 0 saturated heterocycles. The minimum Gasteiger partial charge on any atom is -0.496 e. The minimum absolute atomic E-state index is 0.113. The van der Waals surface area contributed by atoms with Crippen LogP contribution in [0, 0.1) is 0 Å². The Hall–Kier alpha value is -3.56. The first-order valence-electron chi connectivity index (χ1n) is 9.51. The molecule has 1 aromatic carbocycles. The van der Waals surface area contributed by atoms with Gasteiger partial charge in [-0.1, -0.05) is 17.7 Å². The van der Waals surface area contributed by atoms with Crippen LogP contribution in [0.15, 0.2) is 48.8 Å². The van der Waals surface area contributed by atoms with E-state index < -0.39 is 12.0 Å². The third kappa shape index (κ3) is 4.05. The number of anilines is 2. The Morgan fingerprint density at radius 2 is 2.13 bits per heavy atom. The van der Waals surface area contributed by atoms with Crippen molar-refractivity contribution in [2.75, 3.05) is 18.2 Å². The fourth-order valence-electron chi connectivity index (χ4n) is 3.38. The van der Waals surface area contributed by atoms with E-state index in [4.69, 9.17) is 22.1 Å². The first kappa shape index (κ1) is 20.7. The summed E-state index contributed by atoms with van der Waals surface area (Å²) in [5.41, 5.74) is 8.31. The predicted molar refractivity (Wildman–Crippen MR) is 118 cm³/mol. The van der Waals surface area contributed by atoms with Crippen molar-refractivity contribution in [2.45, 2.75) is 19.6 Å². The van der Waals surface area contributed by atoms with Gasteiger partial charge in [-0.15, -0.1) is 5.10 Å². The lowest BCUT2D eigenvalue weighted by molar-refractivity contribution is 0.102.